The second kappa shape index (κ2) is 5.12. The average molecular weight is 237 g/mol. The van der Waals surface area contributed by atoms with Crippen LogP contribution in [0.3, 0.4) is 0 Å². The number of hydrogen-bond donors (Lipinski definition) is 1. The molecule has 0 fully saturated rings. The third-order valence-corrected chi connectivity index (χ3v) is 6.57. The molecule has 0 aliphatic rings. The molecule has 0 saturated carbocycles. The summed E-state index contributed by atoms with van der Waals surface area (Å²) in [6.07, 6.45) is 0.900. The van der Waals surface area contributed by atoms with Crippen LogP contribution < -0.4 is 5.73 Å². The van der Waals surface area contributed by atoms with E-state index in [1.807, 2.05) is 6.07 Å². The van der Waals surface area contributed by atoms with E-state index in [0.717, 1.165) is 6.42 Å². The summed E-state index contributed by atoms with van der Waals surface area (Å²) in [5.74, 6) is 0. The first-order chi connectivity index (χ1) is 7.39. The van der Waals surface area contributed by atoms with Crippen LogP contribution in [0, 0.1) is 0 Å². The van der Waals surface area contributed by atoms with Gasteiger partial charge < -0.3 is 10.5 Å². The van der Waals surface area contributed by atoms with Crippen molar-refractivity contribution in [3.8, 4) is 0 Å². The van der Waals surface area contributed by atoms with Crippen molar-refractivity contribution < 1.29 is 4.74 Å². The minimum atomic E-state index is -1.46. The van der Waals surface area contributed by atoms with Crippen molar-refractivity contribution in [2.24, 2.45) is 5.73 Å². The van der Waals surface area contributed by atoms with Gasteiger partial charge in [-0.3, -0.25) is 0 Å². The van der Waals surface area contributed by atoms with Gasteiger partial charge in [0.25, 0.3) is 0 Å². The molecule has 1 rings (SSSR count). The molecule has 3 heteroatoms. The standard InChI is InChI=1S/C13H23NOSi/c1-15-11-13(14,16(2,3)4)10-12-8-6-5-7-9-12/h5-9H,10-11,14H2,1-4H3. The number of ether oxygens (including phenoxy) is 1. The van der Waals surface area contributed by atoms with Gasteiger partial charge >= 0.3 is 0 Å². The predicted molar refractivity (Wildman–Crippen MR) is 72.3 cm³/mol. The molecular formula is C13H23NOSi. The lowest BCUT2D eigenvalue weighted by molar-refractivity contribution is 0.162. The molecule has 2 nitrogen and oxygen atoms in total. The number of nitrogens with two attached hydrogens (primary N) is 1. The largest absolute Gasteiger partial charge is 0.383 e. The highest BCUT2D eigenvalue weighted by atomic mass is 28.3. The maximum absolute atomic E-state index is 6.55. The second-order valence-corrected chi connectivity index (χ2v) is 11.0. The molecule has 16 heavy (non-hydrogen) atoms. The van der Waals surface area contributed by atoms with Crippen molar-refractivity contribution in [2.75, 3.05) is 13.7 Å². The van der Waals surface area contributed by atoms with Crippen LogP contribution in [0.4, 0.5) is 0 Å². The smallest absolute Gasteiger partial charge is 0.0705 e. The van der Waals surface area contributed by atoms with Gasteiger partial charge in [0.1, 0.15) is 0 Å². The minimum Gasteiger partial charge on any atom is -0.383 e. The first-order valence-corrected chi connectivity index (χ1v) is 9.21. The summed E-state index contributed by atoms with van der Waals surface area (Å²) >= 11 is 0. The lowest BCUT2D eigenvalue weighted by Crippen LogP contribution is -2.63. The topological polar surface area (TPSA) is 35.2 Å². The van der Waals surface area contributed by atoms with Crippen LogP contribution in [-0.4, -0.2) is 27.0 Å². The van der Waals surface area contributed by atoms with Gasteiger partial charge in [-0.1, -0.05) is 50.0 Å². The summed E-state index contributed by atoms with van der Waals surface area (Å²) in [6.45, 7) is 7.54. The van der Waals surface area contributed by atoms with Crippen LogP contribution in [0.25, 0.3) is 0 Å². The van der Waals surface area contributed by atoms with Gasteiger partial charge in [0.2, 0.25) is 0 Å². The van der Waals surface area contributed by atoms with E-state index in [0.29, 0.717) is 6.61 Å². The Hall–Kier alpha value is -0.643. The molecule has 0 aliphatic heterocycles. The molecule has 90 valence electrons. The van der Waals surface area contributed by atoms with Gasteiger partial charge in [-0.15, -0.1) is 0 Å². The number of hydrogen-bond acceptors (Lipinski definition) is 2. The van der Waals surface area contributed by atoms with E-state index in [1.165, 1.54) is 5.56 Å². The fraction of sp³-hybridized carbons (Fsp3) is 0.538. The first kappa shape index (κ1) is 13.4. The highest BCUT2D eigenvalue weighted by molar-refractivity contribution is 6.79. The van der Waals surface area contributed by atoms with Gasteiger partial charge in [-0.2, -0.15) is 0 Å². The van der Waals surface area contributed by atoms with E-state index in [4.69, 9.17) is 10.5 Å². The Morgan fingerprint density at radius 3 is 2.19 bits per heavy atom. The van der Waals surface area contributed by atoms with Crippen LogP contribution in [0.1, 0.15) is 5.56 Å². The van der Waals surface area contributed by atoms with Gasteiger partial charge in [0.05, 0.1) is 14.7 Å². The highest BCUT2D eigenvalue weighted by Crippen LogP contribution is 2.23. The summed E-state index contributed by atoms with van der Waals surface area (Å²) in [5, 5.41) is -0.191. The van der Waals surface area contributed by atoms with Crippen LogP contribution in [0.15, 0.2) is 30.3 Å². The van der Waals surface area contributed by atoms with Crippen molar-refractivity contribution in [3.63, 3.8) is 0 Å². The summed E-state index contributed by atoms with van der Waals surface area (Å²) in [5.41, 5.74) is 7.85. The maximum Gasteiger partial charge on any atom is 0.0705 e. The number of benzene rings is 1. The van der Waals surface area contributed by atoms with Crippen LogP contribution in [0.5, 0.6) is 0 Å². The Bertz CT molecular complexity index is 320. The third kappa shape index (κ3) is 3.17. The summed E-state index contributed by atoms with van der Waals surface area (Å²) in [6, 6.07) is 10.4. The van der Waals surface area contributed by atoms with Crippen molar-refractivity contribution in [2.45, 2.75) is 31.2 Å². The molecule has 0 amide bonds. The molecule has 2 N–H and O–H groups in total. The lowest BCUT2D eigenvalue weighted by Gasteiger charge is -2.40. The zero-order valence-electron chi connectivity index (χ0n) is 10.8. The molecule has 0 heterocycles. The van der Waals surface area contributed by atoms with Crippen LogP contribution in [-0.2, 0) is 11.2 Å². The monoisotopic (exact) mass is 237 g/mol. The van der Waals surface area contributed by atoms with E-state index in [-0.39, 0.29) is 5.16 Å². The van der Waals surface area contributed by atoms with E-state index >= 15 is 0 Å². The Morgan fingerprint density at radius 1 is 1.19 bits per heavy atom. The zero-order chi connectivity index (χ0) is 12.2. The van der Waals surface area contributed by atoms with Gasteiger partial charge in [0.15, 0.2) is 0 Å². The predicted octanol–water partition coefficient (Wildman–Crippen LogP) is 2.45. The number of rotatable bonds is 5. The third-order valence-electron chi connectivity index (χ3n) is 3.26. The summed E-state index contributed by atoms with van der Waals surface area (Å²) < 4.78 is 5.32. The normalized spacial score (nSPS) is 15.8. The van der Waals surface area contributed by atoms with Crippen LogP contribution >= 0.6 is 0 Å². The minimum absolute atomic E-state index is 0.191. The van der Waals surface area contributed by atoms with Gasteiger partial charge in [-0.05, 0) is 12.0 Å². The molecule has 1 unspecified atom stereocenters. The fourth-order valence-corrected chi connectivity index (χ4v) is 3.06. The molecular weight excluding hydrogens is 214 g/mol. The van der Waals surface area contributed by atoms with E-state index in [9.17, 15) is 0 Å². The zero-order valence-corrected chi connectivity index (χ0v) is 11.8. The van der Waals surface area contributed by atoms with E-state index in [1.54, 1.807) is 7.11 Å². The molecule has 0 radical (unpaired) electrons. The summed E-state index contributed by atoms with van der Waals surface area (Å²) in [7, 11) is 0.267. The Balaban J connectivity index is 2.88. The molecule has 0 spiro atoms. The van der Waals surface area contributed by atoms with Crippen molar-refractivity contribution in [3.05, 3.63) is 35.9 Å². The Morgan fingerprint density at radius 2 is 1.75 bits per heavy atom. The van der Waals surface area contributed by atoms with E-state index < -0.39 is 8.07 Å². The van der Waals surface area contributed by atoms with Crippen LogP contribution in [0.2, 0.25) is 19.6 Å². The molecule has 0 bridgehead atoms. The average Bonchev–Trinajstić information content (AvgIpc) is 2.17. The molecule has 0 aliphatic carbocycles. The van der Waals surface area contributed by atoms with E-state index in [2.05, 4.69) is 43.9 Å². The first-order valence-electron chi connectivity index (χ1n) is 5.71. The Kier molecular flexibility index (Phi) is 4.30. The van der Waals surface area contributed by atoms with Crippen molar-refractivity contribution in [1.82, 2.24) is 0 Å². The van der Waals surface area contributed by atoms with Crippen molar-refractivity contribution in [1.29, 1.82) is 0 Å². The van der Waals surface area contributed by atoms with Gasteiger partial charge in [-0.25, -0.2) is 0 Å². The number of methoxy groups -OCH3 is 1. The fourth-order valence-electron chi connectivity index (χ4n) is 1.75. The highest BCUT2D eigenvalue weighted by Gasteiger charge is 2.39. The van der Waals surface area contributed by atoms with Crippen molar-refractivity contribution >= 4 is 8.07 Å². The lowest BCUT2D eigenvalue weighted by atomic mass is 10.1. The SMILES string of the molecule is COCC(N)(Cc1ccccc1)[Si](C)(C)C. The molecule has 1 aromatic carbocycles. The van der Waals surface area contributed by atoms with Gasteiger partial charge in [0, 0.05) is 12.3 Å². The second-order valence-electron chi connectivity index (χ2n) is 5.50. The summed E-state index contributed by atoms with van der Waals surface area (Å²) in [4.78, 5) is 0. The quantitative estimate of drug-likeness (QED) is 0.798. The molecule has 1 aromatic rings. The maximum atomic E-state index is 6.55. The molecule has 1 atom stereocenters. The Labute approximate surface area is 99.8 Å². The molecule has 0 saturated heterocycles. The molecule has 0 aromatic heterocycles.